The van der Waals surface area contributed by atoms with Gasteiger partial charge in [0.2, 0.25) is 0 Å². The Kier molecular flexibility index (Phi) is 5.99. The number of carboxylic acid groups (broad SMARTS) is 1. The minimum absolute atomic E-state index is 0.0835. The van der Waals surface area contributed by atoms with Crippen molar-refractivity contribution in [2.24, 2.45) is 5.73 Å². The van der Waals surface area contributed by atoms with Crippen LogP contribution in [0, 0.1) is 0 Å². The molecular weight excluding hydrogens is 420 g/mol. The van der Waals surface area contributed by atoms with Gasteiger partial charge >= 0.3 is 5.97 Å². The molecule has 2 aromatic carbocycles. The number of halogens is 1. The highest BCUT2D eigenvalue weighted by atomic mass is 35.5. The molecule has 4 rings (SSSR count). The summed E-state index contributed by atoms with van der Waals surface area (Å²) in [5.74, 6) is -0.323. The number of ether oxygens (including phenoxy) is 1. The minimum Gasteiger partial charge on any atom is -0.489 e. The Labute approximate surface area is 182 Å². The second-order valence-corrected chi connectivity index (χ2v) is 8.53. The van der Waals surface area contributed by atoms with E-state index in [0.717, 1.165) is 32.5 Å². The molecule has 5 nitrogen and oxygen atoms in total. The van der Waals surface area contributed by atoms with Gasteiger partial charge in [0.15, 0.2) is 0 Å². The van der Waals surface area contributed by atoms with Crippen LogP contribution in [0.5, 0.6) is 5.75 Å². The molecule has 2 heterocycles. The van der Waals surface area contributed by atoms with E-state index in [1.165, 1.54) is 11.3 Å². The number of carbonyl (C=O) groups is 1. The van der Waals surface area contributed by atoms with Crippen LogP contribution in [0.2, 0.25) is 4.34 Å². The molecule has 2 aromatic heterocycles. The fourth-order valence-corrected chi connectivity index (χ4v) is 4.59. The van der Waals surface area contributed by atoms with Crippen molar-refractivity contribution in [1.82, 2.24) is 4.98 Å². The van der Waals surface area contributed by atoms with Crippen LogP contribution in [0.4, 0.5) is 0 Å². The van der Waals surface area contributed by atoms with Gasteiger partial charge in [-0.1, -0.05) is 29.8 Å². The lowest BCUT2D eigenvalue weighted by Gasteiger charge is -2.12. The Morgan fingerprint density at radius 3 is 2.80 bits per heavy atom. The molecule has 0 saturated carbocycles. The van der Waals surface area contributed by atoms with Gasteiger partial charge in [-0.3, -0.25) is 9.78 Å². The van der Waals surface area contributed by atoms with Gasteiger partial charge in [0, 0.05) is 28.4 Å². The van der Waals surface area contributed by atoms with Crippen LogP contribution in [0.1, 0.15) is 16.8 Å². The fraction of sp³-hybridized carbons (Fsp3) is 0.130. The normalized spacial score (nSPS) is 11.0. The van der Waals surface area contributed by atoms with Gasteiger partial charge in [-0.2, -0.15) is 0 Å². The maximum atomic E-state index is 11.1. The molecule has 7 heteroatoms. The summed E-state index contributed by atoms with van der Waals surface area (Å²) in [5.41, 5.74) is 10.2. The largest absolute Gasteiger partial charge is 0.489 e. The molecular formula is C23H19ClN2O3S. The summed E-state index contributed by atoms with van der Waals surface area (Å²) in [6.07, 6.45) is 1.67. The Hall–Kier alpha value is -2.93. The van der Waals surface area contributed by atoms with Crippen LogP contribution in [-0.2, 0) is 24.4 Å². The number of rotatable bonds is 7. The zero-order chi connectivity index (χ0) is 21.1. The highest BCUT2D eigenvalue weighted by Gasteiger charge is 2.12. The average molecular weight is 439 g/mol. The maximum absolute atomic E-state index is 11.1. The fourth-order valence-electron chi connectivity index (χ4n) is 3.36. The van der Waals surface area contributed by atoms with Gasteiger partial charge in [0.1, 0.15) is 12.4 Å². The summed E-state index contributed by atoms with van der Waals surface area (Å²) in [6.45, 7) is 0.675. The van der Waals surface area contributed by atoms with Crippen molar-refractivity contribution in [2.75, 3.05) is 0 Å². The Morgan fingerprint density at radius 2 is 2.00 bits per heavy atom. The maximum Gasteiger partial charge on any atom is 0.307 e. The van der Waals surface area contributed by atoms with E-state index < -0.39 is 5.97 Å². The summed E-state index contributed by atoms with van der Waals surface area (Å²) in [5, 5.41) is 10.2. The monoisotopic (exact) mass is 438 g/mol. The molecule has 0 aliphatic heterocycles. The molecule has 0 atom stereocenters. The minimum atomic E-state index is -0.892. The molecule has 0 bridgehead atoms. The first-order valence-corrected chi connectivity index (χ1v) is 10.5. The zero-order valence-corrected chi connectivity index (χ0v) is 17.5. The molecule has 0 radical (unpaired) electrons. The molecule has 0 spiro atoms. The van der Waals surface area contributed by atoms with Crippen LogP contribution in [0.25, 0.3) is 21.2 Å². The van der Waals surface area contributed by atoms with Crippen LogP contribution in [-0.4, -0.2) is 16.1 Å². The summed E-state index contributed by atoms with van der Waals surface area (Å²) >= 11 is 7.81. The van der Waals surface area contributed by atoms with E-state index >= 15 is 0 Å². The van der Waals surface area contributed by atoms with Crippen LogP contribution in [0.3, 0.4) is 0 Å². The number of nitrogens with zero attached hydrogens (tertiary/aromatic N) is 1. The van der Waals surface area contributed by atoms with Gasteiger partial charge in [-0.05, 0) is 53.1 Å². The number of aromatic nitrogens is 1. The number of hydrogen-bond donors (Lipinski definition) is 2. The molecule has 3 N–H and O–H groups in total. The van der Waals surface area contributed by atoms with E-state index in [0.29, 0.717) is 28.8 Å². The van der Waals surface area contributed by atoms with E-state index in [1.54, 1.807) is 24.4 Å². The number of pyridine rings is 1. The first kappa shape index (κ1) is 20.3. The Morgan fingerprint density at radius 1 is 1.17 bits per heavy atom. The molecule has 30 heavy (non-hydrogen) atoms. The quantitative estimate of drug-likeness (QED) is 0.410. The van der Waals surface area contributed by atoms with Crippen molar-refractivity contribution >= 4 is 39.0 Å². The second-order valence-electron chi connectivity index (χ2n) is 6.81. The van der Waals surface area contributed by atoms with E-state index in [4.69, 9.17) is 27.2 Å². The number of carboxylic acids is 1. The topological polar surface area (TPSA) is 85.4 Å². The lowest BCUT2D eigenvalue weighted by molar-refractivity contribution is -0.136. The molecule has 4 aromatic rings. The van der Waals surface area contributed by atoms with Crippen molar-refractivity contribution in [3.05, 3.63) is 82.0 Å². The van der Waals surface area contributed by atoms with Crippen molar-refractivity contribution in [3.63, 3.8) is 0 Å². The zero-order valence-electron chi connectivity index (χ0n) is 16.0. The molecule has 0 unspecified atom stereocenters. The molecule has 0 fully saturated rings. The lowest BCUT2D eigenvalue weighted by Crippen LogP contribution is -2.04. The summed E-state index contributed by atoms with van der Waals surface area (Å²) in [4.78, 5) is 15.4. The van der Waals surface area contributed by atoms with Gasteiger partial charge < -0.3 is 15.6 Å². The lowest BCUT2D eigenvalue weighted by atomic mass is 9.99. The smallest absolute Gasteiger partial charge is 0.307 e. The summed E-state index contributed by atoms with van der Waals surface area (Å²) in [7, 11) is 0. The number of aliphatic carboxylic acids is 1. The number of benzene rings is 2. The van der Waals surface area contributed by atoms with Gasteiger partial charge in [0.05, 0.1) is 16.5 Å². The van der Waals surface area contributed by atoms with Crippen molar-refractivity contribution < 1.29 is 14.6 Å². The number of para-hydroxylation sites is 1. The van der Waals surface area contributed by atoms with Crippen molar-refractivity contribution in [2.45, 2.75) is 19.6 Å². The van der Waals surface area contributed by atoms with Gasteiger partial charge in [-0.25, -0.2) is 0 Å². The average Bonchev–Trinajstić information content (AvgIpc) is 3.12. The van der Waals surface area contributed by atoms with Gasteiger partial charge in [-0.15, -0.1) is 11.3 Å². The van der Waals surface area contributed by atoms with Crippen molar-refractivity contribution in [3.8, 4) is 16.9 Å². The third kappa shape index (κ3) is 4.46. The predicted octanol–water partition coefficient (Wildman–Crippen LogP) is 5.28. The number of nitrogens with two attached hydrogens (primary N) is 1. The molecule has 0 amide bonds. The SMILES string of the molecule is NCc1cc(-c2cc(COc3ccccc3CC(=O)O)cc3sc(Cl)cc23)ccn1. The van der Waals surface area contributed by atoms with Gasteiger partial charge in [0.25, 0.3) is 0 Å². The van der Waals surface area contributed by atoms with Crippen LogP contribution >= 0.6 is 22.9 Å². The van der Waals surface area contributed by atoms with E-state index in [9.17, 15) is 4.79 Å². The Balaban J connectivity index is 1.70. The summed E-state index contributed by atoms with van der Waals surface area (Å²) < 4.78 is 7.76. The van der Waals surface area contributed by atoms with E-state index in [2.05, 4.69) is 17.1 Å². The number of fused-ring (bicyclic) bond motifs is 1. The van der Waals surface area contributed by atoms with E-state index in [1.807, 2.05) is 24.3 Å². The highest BCUT2D eigenvalue weighted by molar-refractivity contribution is 7.22. The predicted molar refractivity (Wildman–Crippen MR) is 120 cm³/mol. The second kappa shape index (κ2) is 8.83. The third-order valence-electron chi connectivity index (χ3n) is 4.71. The standard InChI is InChI=1S/C23H19ClN2O3S/c24-22-11-19-18(15-5-6-26-17(9-15)12-25)7-14(8-21(19)30-22)13-29-20-4-2-1-3-16(20)10-23(27)28/h1-9,11H,10,12-13,25H2,(H,27,28). The van der Waals surface area contributed by atoms with Crippen LogP contribution in [0.15, 0.2) is 60.8 Å². The number of thiophene rings is 1. The first-order chi connectivity index (χ1) is 14.5. The highest BCUT2D eigenvalue weighted by Crippen LogP contribution is 2.38. The molecule has 152 valence electrons. The summed E-state index contributed by atoms with van der Waals surface area (Å²) in [6, 6.07) is 17.2. The first-order valence-electron chi connectivity index (χ1n) is 9.33. The molecule has 0 saturated heterocycles. The van der Waals surface area contributed by atoms with Crippen molar-refractivity contribution in [1.29, 1.82) is 0 Å². The third-order valence-corrected chi connectivity index (χ3v) is 5.92. The van der Waals surface area contributed by atoms with Crippen LogP contribution < -0.4 is 10.5 Å². The van der Waals surface area contributed by atoms with E-state index in [-0.39, 0.29) is 6.42 Å². The molecule has 0 aliphatic carbocycles. The Bertz CT molecular complexity index is 1220. The molecule has 0 aliphatic rings. The number of hydrogen-bond acceptors (Lipinski definition) is 5.